The van der Waals surface area contributed by atoms with Gasteiger partial charge in [0.1, 0.15) is 11.4 Å². The van der Waals surface area contributed by atoms with Crippen LogP contribution in [0.25, 0.3) is 0 Å². The van der Waals surface area contributed by atoms with E-state index in [1.807, 2.05) is 20.8 Å². The maximum absolute atomic E-state index is 14.3. The first-order valence-electron chi connectivity index (χ1n) is 9.20. The Hall–Kier alpha value is -1.73. The van der Waals surface area contributed by atoms with Crippen molar-refractivity contribution >= 4 is 29.1 Å². The lowest BCUT2D eigenvalue weighted by Crippen LogP contribution is -2.44. The Bertz CT molecular complexity index is 631. The highest BCUT2D eigenvalue weighted by atomic mass is 35.5. The lowest BCUT2D eigenvalue weighted by Gasteiger charge is -2.34. The predicted molar refractivity (Wildman–Crippen MR) is 106 cm³/mol. The number of aliphatic hydroxyl groups is 1. The predicted octanol–water partition coefficient (Wildman–Crippen LogP) is 3.65. The highest BCUT2D eigenvalue weighted by molar-refractivity contribution is 6.18. The van der Waals surface area contributed by atoms with E-state index in [0.29, 0.717) is 37.3 Å². The van der Waals surface area contributed by atoms with Crippen LogP contribution in [0, 0.1) is 5.82 Å². The zero-order valence-corrected chi connectivity index (χ0v) is 16.9. The number of nitrogens with zero attached hydrogens (tertiary/aromatic N) is 1. The van der Waals surface area contributed by atoms with Gasteiger partial charge in [0, 0.05) is 25.7 Å². The highest BCUT2D eigenvalue weighted by Gasteiger charge is 2.27. The molecule has 1 atom stereocenters. The molecular weight excluding hydrogens is 373 g/mol. The Morgan fingerprint density at radius 2 is 2.07 bits per heavy atom. The molecule has 0 spiro atoms. The number of hydrogen-bond donors (Lipinski definition) is 3. The minimum absolute atomic E-state index is 0.0408. The van der Waals surface area contributed by atoms with Gasteiger partial charge in [-0.1, -0.05) is 6.07 Å². The molecule has 27 heavy (non-hydrogen) atoms. The molecule has 0 radical (unpaired) electrons. The van der Waals surface area contributed by atoms with Gasteiger partial charge < -0.3 is 25.4 Å². The number of halogens is 2. The third kappa shape index (κ3) is 6.74. The molecule has 1 aliphatic heterocycles. The lowest BCUT2D eigenvalue weighted by molar-refractivity contribution is 0.0210. The van der Waals surface area contributed by atoms with Crippen LogP contribution in [0.1, 0.15) is 33.6 Å². The fourth-order valence-electron chi connectivity index (χ4n) is 2.84. The fourth-order valence-corrected chi connectivity index (χ4v) is 2.95. The number of rotatable bonds is 6. The van der Waals surface area contributed by atoms with Gasteiger partial charge in [0.25, 0.3) is 0 Å². The number of para-hydroxylation sites is 1. The second-order valence-corrected chi connectivity index (χ2v) is 8.05. The molecule has 1 aromatic carbocycles. The topological polar surface area (TPSA) is 73.8 Å². The van der Waals surface area contributed by atoms with Crippen molar-refractivity contribution in [3.63, 3.8) is 0 Å². The molecule has 1 aliphatic rings. The number of alkyl halides is 1. The van der Waals surface area contributed by atoms with Gasteiger partial charge in [-0.2, -0.15) is 0 Å². The van der Waals surface area contributed by atoms with Gasteiger partial charge in [-0.25, -0.2) is 9.18 Å². The molecular formula is C19H29ClFN3O3. The molecule has 1 aromatic rings. The summed E-state index contributed by atoms with van der Waals surface area (Å²) in [5, 5.41) is 15.9. The summed E-state index contributed by atoms with van der Waals surface area (Å²) in [5.41, 5.74) is 0.428. The van der Waals surface area contributed by atoms with Crippen molar-refractivity contribution in [2.75, 3.05) is 36.1 Å². The number of amides is 1. The first kappa shape index (κ1) is 21.6. The summed E-state index contributed by atoms with van der Waals surface area (Å²) in [7, 11) is 0. The molecule has 0 aromatic heterocycles. The van der Waals surface area contributed by atoms with E-state index >= 15 is 0 Å². The molecule has 1 amide bonds. The van der Waals surface area contributed by atoms with Crippen LogP contribution in [-0.2, 0) is 4.74 Å². The fraction of sp³-hybridized carbons (Fsp3) is 0.632. The second-order valence-electron chi connectivity index (χ2n) is 7.74. The van der Waals surface area contributed by atoms with Gasteiger partial charge in [-0.3, -0.25) is 0 Å². The minimum Gasteiger partial charge on any atom is -0.444 e. The Labute approximate surface area is 165 Å². The Morgan fingerprint density at radius 1 is 1.41 bits per heavy atom. The number of carbonyl (C=O) groups is 1. The number of piperidine rings is 1. The molecule has 0 aliphatic carbocycles. The Kier molecular flexibility index (Phi) is 7.56. The number of nitrogens with one attached hydrogen (secondary N) is 2. The van der Waals surface area contributed by atoms with Gasteiger partial charge in [0.05, 0.1) is 23.4 Å². The summed E-state index contributed by atoms with van der Waals surface area (Å²) in [6.45, 7) is 6.86. The summed E-state index contributed by atoms with van der Waals surface area (Å²) < 4.78 is 19.7. The third-order valence-corrected chi connectivity index (χ3v) is 4.57. The molecule has 0 saturated carbocycles. The normalized spacial score (nSPS) is 16.7. The van der Waals surface area contributed by atoms with Crippen molar-refractivity contribution < 1.29 is 19.0 Å². The number of ether oxygens (including phenoxy) is 1. The minimum atomic E-state index is -0.708. The van der Waals surface area contributed by atoms with Crippen molar-refractivity contribution in [2.24, 2.45) is 0 Å². The van der Waals surface area contributed by atoms with E-state index < -0.39 is 11.7 Å². The molecule has 152 valence electrons. The van der Waals surface area contributed by atoms with Gasteiger partial charge in [0.2, 0.25) is 0 Å². The summed E-state index contributed by atoms with van der Waals surface area (Å²) in [6, 6.07) is 4.80. The molecule has 1 heterocycles. The number of anilines is 2. The lowest BCUT2D eigenvalue weighted by atomic mass is 10.0. The number of hydrogen-bond acceptors (Lipinski definition) is 5. The van der Waals surface area contributed by atoms with E-state index in [9.17, 15) is 14.3 Å². The van der Waals surface area contributed by atoms with Crippen LogP contribution in [0.3, 0.4) is 0 Å². The first-order chi connectivity index (χ1) is 12.7. The van der Waals surface area contributed by atoms with Gasteiger partial charge in [-0.15, -0.1) is 11.6 Å². The van der Waals surface area contributed by atoms with Crippen LogP contribution in [-0.4, -0.2) is 59.4 Å². The van der Waals surface area contributed by atoms with Crippen LogP contribution in [0.5, 0.6) is 0 Å². The SMILES string of the molecule is CC(C)(C)OC(=O)N1CCC(Nc2c(F)cccc2NCC(O)CCl)CC1. The zero-order valence-electron chi connectivity index (χ0n) is 16.1. The van der Waals surface area contributed by atoms with Crippen LogP contribution in [0.15, 0.2) is 18.2 Å². The van der Waals surface area contributed by atoms with Crippen molar-refractivity contribution in [3.8, 4) is 0 Å². The van der Waals surface area contributed by atoms with E-state index in [0.717, 1.165) is 0 Å². The molecule has 2 rings (SSSR count). The van der Waals surface area contributed by atoms with Crippen molar-refractivity contribution in [1.29, 1.82) is 0 Å². The summed E-state index contributed by atoms with van der Waals surface area (Å²) in [4.78, 5) is 13.8. The number of likely N-dealkylation sites (tertiary alicyclic amines) is 1. The maximum Gasteiger partial charge on any atom is 0.410 e. The molecule has 1 saturated heterocycles. The number of carbonyl (C=O) groups excluding carboxylic acids is 1. The molecule has 0 bridgehead atoms. The van der Waals surface area contributed by atoms with E-state index in [1.54, 1.807) is 17.0 Å². The average molecular weight is 402 g/mol. The third-order valence-electron chi connectivity index (χ3n) is 4.21. The van der Waals surface area contributed by atoms with E-state index in [-0.39, 0.29) is 30.4 Å². The van der Waals surface area contributed by atoms with Crippen molar-refractivity contribution in [2.45, 2.75) is 51.4 Å². The van der Waals surface area contributed by atoms with Gasteiger partial charge in [0.15, 0.2) is 0 Å². The van der Waals surface area contributed by atoms with Crippen LogP contribution < -0.4 is 10.6 Å². The highest BCUT2D eigenvalue weighted by Crippen LogP contribution is 2.28. The summed E-state index contributed by atoms with van der Waals surface area (Å²) >= 11 is 5.60. The molecule has 1 fully saturated rings. The molecule has 3 N–H and O–H groups in total. The smallest absolute Gasteiger partial charge is 0.410 e. The van der Waals surface area contributed by atoms with Crippen molar-refractivity contribution in [3.05, 3.63) is 24.0 Å². The monoisotopic (exact) mass is 401 g/mol. The quantitative estimate of drug-likeness (QED) is 0.634. The van der Waals surface area contributed by atoms with E-state index in [1.165, 1.54) is 6.07 Å². The van der Waals surface area contributed by atoms with Gasteiger partial charge in [-0.05, 0) is 45.7 Å². The standard InChI is InChI=1S/C19H29ClFN3O3/c1-19(2,3)27-18(26)24-9-7-13(8-10-24)23-17-15(21)5-4-6-16(17)22-12-14(25)11-20/h4-6,13-14,22-23,25H,7-12H2,1-3H3. The van der Waals surface area contributed by atoms with Crippen LogP contribution in [0.4, 0.5) is 20.6 Å². The maximum atomic E-state index is 14.3. The van der Waals surface area contributed by atoms with Gasteiger partial charge >= 0.3 is 6.09 Å². The summed E-state index contributed by atoms with van der Waals surface area (Å²) in [5.74, 6) is -0.260. The van der Waals surface area contributed by atoms with E-state index in [2.05, 4.69) is 10.6 Å². The van der Waals surface area contributed by atoms with Crippen LogP contribution in [0.2, 0.25) is 0 Å². The number of aliphatic hydroxyl groups excluding tert-OH is 1. The second kappa shape index (κ2) is 9.46. The molecule has 6 nitrogen and oxygen atoms in total. The number of benzene rings is 1. The van der Waals surface area contributed by atoms with Crippen molar-refractivity contribution in [1.82, 2.24) is 4.90 Å². The first-order valence-corrected chi connectivity index (χ1v) is 9.74. The zero-order chi connectivity index (χ0) is 20.0. The molecule has 1 unspecified atom stereocenters. The largest absolute Gasteiger partial charge is 0.444 e. The average Bonchev–Trinajstić information content (AvgIpc) is 2.61. The molecule has 8 heteroatoms. The summed E-state index contributed by atoms with van der Waals surface area (Å²) in [6.07, 6.45) is 0.360. The Morgan fingerprint density at radius 3 is 2.67 bits per heavy atom. The van der Waals surface area contributed by atoms with Crippen LogP contribution >= 0.6 is 11.6 Å². The Balaban J connectivity index is 1.94. The van der Waals surface area contributed by atoms with E-state index in [4.69, 9.17) is 16.3 Å².